The van der Waals surface area contributed by atoms with E-state index in [0.717, 1.165) is 11.3 Å². The second kappa shape index (κ2) is 4.84. The van der Waals surface area contributed by atoms with Crippen molar-refractivity contribution in [2.24, 2.45) is 17.2 Å². The molecule has 0 aromatic carbocycles. The lowest BCUT2D eigenvalue weighted by atomic mass is 10.8. The van der Waals surface area contributed by atoms with Crippen molar-refractivity contribution in [2.45, 2.75) is 11.3 Å². The van der Waals surface area contributed by atoms with Gasteiger partial charge in [0.15, 0.2) is 0 Å². The molecule has 0 aliphatic rings. The summed E-state index contributed by atoms with van der Waals surface area (Å²) < 4.78 is 22.7. The second-order valence-electron chi connectivity index (χ2n) is 2.45. The number of rotatable bonds is 1. The number of hydrogen-bond donors (Lipinski definition) is 1. The van der Waals surface area contributed by atoms with E-state index in [9.17, 15) is 13.2 Å². The Kier molecular flexibility index (Phi) is 4.59. The van der Waals surface area contributed by atoms with Crippen molar-refractivity contribution >= 4 is 39.7 Å². The smallest absolute Gasteiger partial charge is 0.267 e. The SMILES string of the molecule is CC(=O)N=c1sc(S(N)(=O)=O)nn1C.Cl. The van der Waals surface area contributed by atoms with Gasteiger partial charge in [-0.3, -0.25) is 4.79 Å². The summed E-state index contributed by atoms with van der Waals surface area (Å²) in [7, 11) is -2.35. The number of halogens is 1. The predicted molar refractivity (Wildman–Crippen MR) is 56.0 cm³/mol. The van der Waals surface area contributed by atoms with Crippen LogP contribution in [0.25, 0.3) is 0 Å². The van der Waals surface area contributed by atoms with Gasteiger partial charge in [-0.1, -0.05) is 11.3 Å². The van der Waals surface area contributed by atoms with E-state index < -0.39 is 15.9 Å². The Bertz CT molecular complexity index is 529. The van der Waals surface area contributed by atoms with Crippen LogP contribution in [0.5, 0.6) is 0 Å². The molecule has 1 aromatic heterocycles. The molecule has 0 saturated heterocycles. The van der Waals surface area contributed by atoms with E-state index >= 15 is 0 Å². The monoisotopic (exact) mass is 272 g/mol. The molecule has 1 aromatic rings. The van der Waals surface area contributed by atoms with E-state index in [1.165, 1.54) is 18.7 Å². The highest BCUT2D eigenvalue weighted by Gasteiger charge is 2.14. The molecule has 1 heterocycles. The van der Waals surface area contributed by atoms with Gasteiger partial charge in [-0.15, -0.1) is 17.5 Å². The molecule has 0 radical (unpaired) electrons. The number of primary sulfonamides is 1. The standard InChI is InChI=1S/C5H8N4O3S2.ClH/c1-3(10)7-4-9(2)8-5(13-4)14(6,11)12;/h1-2H3,(H2,6,11,12);1H. The summed E-state index contributed by atoms with van der Waals surface area (Å²) in [5.41, 5.74) is 0. The van der Waals surface area contributed by atoms with Gasteiger partial charge in [-0.05, 0) is 0 Å². The molecule has 86 valence electrons. The molecular weight excluding hydrogens is 264 g/mol. The summed E-state index contributed by atoms with van der Waals surface area (Å²) in [5.74, 6) is -0.426. The summed E-state index contributed by atoms with van der Waals surface area (Å²) in [4.78, 5) is 14.4. The van der Waals surface area contributed by atoms with Crippen molar-refractivity contribution in [3.63, 3.8) is 0 Å². The highest BCUT2D eigenvalue weighted by Crippen LogP contribution is 2.03. The maximum atomic E-state index is 10.9. The van der Waals surface area contributed by atoms with Crippen LogP contribution in [-0.4, -0.2) is 24.1 Å². The zero-order valence-electron chi connectivity index (χ0n) is 7.87. The quantitative estimate of drug-likeness (QED) is 0.707. The maximum Gasteiger partial charge on any atom is 0.267 e. The minimum Gasteiger partial charge on any atom is -0.273 e. The average Bonchev–Trinajstić information content (AvgIpc) is 2.30. The summed E-state index contributed by atoms with van der Waals surface area (Å²) in [6.07, 6.45) is 0. The van der Waals surface area contributed by atoms with Crippen LogP contribution in [0, 0.1) is 0 Å². The molecule has 0 saturated carbocycles. The van der Waals surface area contributed by atoms with Crippen molar-refractivity contribution in [1.82, 2.24) is 9.78 Å². The summed E-state index contributed by atoms with van der Waals surface area (Å²) in [6.45, 7) is 1.26. The molecular formula is C5H9ClN4O3S2. The number of carbonyl (C=O) groups excluding carboxylic acids is 1. The van der Waals surface area contributed by atoms with Crippen LogP contribution in [0.4, 0.5) is 0 Å². The Labute approximate surface area is 96.1 Å². The van der Waals surface area contributed by atoms with Crippen LogP contribution < -0.4 is 9.94 Å². The fourth-order valence-electron chi connectivity index (χ4n) is 0.675. The van der Waals surface area contributed by atoms with Gasteiger partial charge in [0.1, 0.15) is 0 Å². The van der Waals surface area contributed by atoms with E-state index in [1.807, 2.05) is 0 Å². The lowest BCUT2D eigenvalue weighted by Crippen LogP contribution is -2.14. The zero-order chi connectivity index (χ0) is 10.9. The number of sulfonamides is 1. The van der Waals surface area contributed by atoms with Crippen LogP contribution in [-0.2, 0) is 21.9 Å². The first-order valence-electron chi connectivity index (χ1n) is 3.43. The van der Waals surface area contributed by atoms with Gasteiger partial charge in [0.2, 0.25) is 15.0 Å². The number of carbonyl (C=O) groups is 1. The molecule has 7 nitrogen and oxygen atoms in total. The normalized spacial score (nSPS) is 12.3. The molecule has 15 heavy (non-hydrogen) atoms. The summed E-state index contributed by atoms with van der Waals surface area (Å²) >= 11 is 0.746. The minimum atomic E-state index is -3.83. The topological polar surface area (TPSA) is 107 Å². The number of aromatic nitrogens is 2. The molecule has 10 heteroatoms. The van der Waals surface area contributed by atoms with E-state index in [0.29, 0.717) is 0 Å². The molecule has 0 unspecified atom stereocenters. The second-order valence-corrected chi connectivity index (χ2v) is 5.14. The number of hydrogen-bond acceptors (Lipinski definition) is 5. The third-order valence-corrected chi connectivity index (χ3v) is 3.49. The fraction of sp³-hybridized carbons (Fsp3) is 0.400. The molecule has 0 bridgehead atoms. The lowest BCUT2D eigenvalue weighted by Gasteiger charge is -1.86. The van der Waals surface area contributed by atoms with Crippen LogP contribution in [0.1, 0.15) is 6.92 Å². The largest absolute Gasteiger partial charge is 0.273 e. The van der Waals surface area contributed by atoms with Crippen molar-refractivity contribution in [2.75, 3.05) is 0 Å². The third kappa shape index (κ3) is 3.70. The van der Waals surface area contributed by atoms with E-state index in [2.05, 4.69) is 10.1 Å². The van der Waals surface area contributed by atoms with Gasteiger partial charge in [-0.2, -0.15) is 4.99 Å². The van der Waals surface area contributed by atoms with E-state index in [4.69, 9.17) is 5.14 Å². The highest BCUT2D eigenvalue weighted by atomic mass is 35.5. The number of aryl methyl sites for hydroxylation is 1. The zero-order valence-corrected chi connectivity index (χ0v) is 10.3. The molecule has 1 amide bonds. The number of nitrogens with two attached hydrogens (primary N) is 1. The highest BCUT2D eigenvalue weighted by molar-refractivity contribution is 7.91. The Morgan fingerprint density at radius 2 is 2.13 bits per heavy atom. The van der Waals surface area contributed by atoms with Gasteiger partial charge >= 0.3 is 0 Å². The van der Waals surface area contributed by atoms with Crippen LogP contribution >= 0.6 is 23.7 Å². The van der Waals surface area contributed by atoms with Crippen LogP contribution in [0.15, 0.2) is 9.33 Å². The Hall–Kier alpha value is -0.770. The Morgan fingerprint density at radius 1 is 1.60 bits per heavy atom. The van der Waals surface area contributed by atoms with E-state index in [-0.39, 0.29) is 21.5 Å². The van der Waals surface area contributed by atoms with Gasteiger partial charge < -0.3 is 0 Å². The van der Waals surface area contributed by atoms with Crippen LogP contribution in [0.3, 0.4) is 0 Å². The minimum absolute atomic E-state index is 0. The summed E-state index contributed by atoms with van der Waals surface area (Å²) in [6, 6.07) is 0. The molecule has 1 rings (SSSR count). The first-order valence-corrected chi connectivity index (χ1v) is 5.79. The number of nitrogens with zero attached hydrogens (tertiary/aromatic N) is 3. The lowest BCUT2D eigenvalue weighted by molar-refractivity contribution is -0.116. The molecule has 0 atom stereocenters. The third-order valence-electron chi connectivity index (χ3n) is 1.18. The van der Waals surface area contributed by atoms with Gasteiger partial charge in [0.05, 0.1) is 0 Å². The number of amides is 1. The predicted octanol–water partition coefficient (Wildman–Crippen LogP) is -1.00. The van der Waals surface area contributed by atoms with Crippen LogP contribution in [0.2, 0.25) is 0 Å². The van der Waals surface area contributed by atoms with Gasteiger partial charge in [0, 0.05) is 14.0 Å². The van der Waals surface area contributed by atoms with Gasteiger partial charge in [0.25, 0.3) is 10.0 Å². The fourth-order valence-corrected chi connectivity index (χ4v) is 2.27. The first kappa shape index (κ1) is 14.2. The molecule has 0 aliphatic heterocycles. The molecule has 0 aliphatic carbocycles. The summed E-state index contributed by atoms with van der Waals surface area (Å²) in [5, 5.41) is 8.46. The molecule has 0 spiro atoms. The first-order chi connectivity index (χ1) is 6.30. The molecule has 0 fully saturated rings. The van der Waals surface area contributed by atoms with Crippen molar-refractivity contribution < 1.29 is 13.2 Å². The van der Waals surface area contributed by atoms with Crippen molar-refractivity contribution in [3.05, 3.63) is 4.80 Å². The van der Waals surface area contributed by atoms with Crippen molar-refractivity contribution in [3.8, 4) is 0 Å². The van der Waals surface area contributed by atoms with E-state index in [1.54, 1.807) is 0 Å². The Morgan fingerprint density at radius 3 is 2.47 bits per heavy atom. The van der Waals surface area contributed by atoms with Gasteiger partial charge in [-0.25, -0.2) is 18.2 Å². The average molecular weight is 273 g/mol. The Balaban J connectivity index is 0.00000196. The van der Waals surface area contributed by atoms with Crippen molar-refractivity contribution in [1.29, 1.82) is 0 Å². The molecule has 2 N–H and O–H groups in total. The maximum absolute atomic E-state index is 10.9.